The number of carbonyl (C=O) groups is 2. The predicted octanol–water partition coefficient (Wildman–Crippen LogP) is 3.92. The van der Waals surface area contributed by atoms with Crippen LogP contribution in [0.1, 0.15) is 31.1 Å². The lowest BCUT2D eigenvalue weighted by Crippen LogP contribution is -2.28. The summed E-state index contributed by atoms with van der Waals surface area (Å²) < 4.78 is 1.60. The molecule has 162 valence electrons. The van der Waals surface area contributed by atoms with Crippen LogP contribution in [0.5, 0.6) is 0 Å². The fourth-order valence-corrected chi connectivity index (χ4v) is 4.05. The number of fused-ring (bicyclic) bond motifs is 1. The second-order valence-electron chi connectivity index (χ2n) is 7.56. The Morgan fingerprint density at radius 1 is 1.16 bits per heavy atom. The van der Waals surface area contributed by atoms with Crippen LogP contribution in [0.3, 0.4) is 0 Å². The van der Waals surface area contributed by atoms with E-state index in [1.54, 1.807) is 54.0 Å². The molecule has 7 nitrogen and oxygen atoms in total. The summed E-state index contributed by atoms with van der Waals surface area (Å²) in [5.74, 6) is -0.574. The molecule has 31 heavy (non-hydrogen) atoms. The molecule has 0 fully saturated rings. The third-order valence-corrected chi connectivity index (χ3v) is 5.84. The highest BCUT2D eigenvalue weighted by molar-refractivity contribution is 8.00. The third kappa shape index (κ3) is 5.45. The standard InChI is InChI=1S/C22H23ClN4O3S/c1-12(2)11-27-21(30)17-10-15(23)6-9-18(17)26-22(27)31-13(3)20(29)25-16-7-4-14(5-8-16)19(24)28/h4-10,12-13H,11H2,1-3H3,(H2,24,28)(H,25,29)/t13-/m1/s1. The molecule has 3 aromatic rings. The summed E-state index contributed by atoms with van der Waals surface area (Å²) in [5, 5.41) is 3.67. The molecule has 1 atom stereocenters. The van der Waals surface area contributed by atoms with Crippen molar-refractivity contribution in [2.24, 2.45) is 11.7 Å². The lowest BCUT2D eigenvalue weighted by atomic mass is 10.2. The highest BCUT2D eigenvalue weighted by Gasteiger charge is 2.20. The Bertz CT molecular complexity index is 1190. The first-order chi connectivity index (χ1) is 14.7. The van der Waals surface area contributed by atoms with Crippen LogP contribution in [0.25, 0.3) is 10.9 Å². The molecule has 0 aliphatic rings. The maximum atomic E-state index is 13.1. The number of aromatic nitrogens is 2. The Morgan fingerprint density at radius 3 is 2.45 bits per heavy atom. The quantitative estimate of drug-likeness (QED) is 0.412. The average molecular weight is 459 g/mol. The molecule has 1 heterocycles. The van der Waals surface area contributed by atoms with Gasteiger partial charge in [-0.3, -0.25) is 19.0 Å². The third-order valence-electron chi connectivity index (χ3n) is 4.52. The summed E-state index contributed by atoms with van der Waals surface area (Å²) in [7, 11) is 0. The highest BCUT2D eigenvalue weighted by atomic mass is 35.5. The zero-order chi connectivity index (χ0) is 22.7. The summed E-state index contributed by atoms with van der Waals surface area (Å²) >= 11 is 7.27. The van der Waals surface area contributed by atoms with Crippen molar-refractivity contribution in [3.05, 3.63) is 63.4 Å². The maximum absolute atomic E-state index is 13.1. The number of nitrogens with two attached hydrogens (primary N) is 1. The maximum Gasteiger partial charge on any atom is 0.262 e. The van der Waals surface area contributed by atoms with E-state index in [1.165, 1.54) is 11.8 Å². The summed E-state index contributed by atoms with van der Waals surface area (Å²) in [6, 6.07) is 11.3. The number of hydrogen-bond acceptors (Lipinski definition) is 5. The van der Waals surface area contributed by atoms with Gasteiger partial charge >= 0.3 is 0 Å². The number of nitrogens with zero attached hydrogens (tertiary/aromatic N) is 2. The summed E-state index contributed by atoms with van der Waals surface area (Å²) in [6.07, 6.45) is 0. The van der Waals surface area contributed by atoms with Gasteiger partial charge < -0.3 is 11.1 Å². The van der Waals surface area contributed by atoms with E-state index in [1.807, 2.05) is 13.8 Å². The Labute approximate surface area is 189 Å². The first kappa shape index (κ1) is 22.8. The first-order valence-corrected chi connectivity index (χ1v) is 11.0. The topological polar surface area (TPSA) is 107 Å². The number of hydrogen-bond donors (Lipinski definition) is 2. The molecule has 3 N–H and O–H groups in total. The van der Waals surface area contributed by atoms with Gasteiger partial charge in [0.05, 0.1) is 16.2 Å². The number of primary amides is 1. The number of halogens is 1. The van der Waals surface area contributed by atoms with Gasteiger partial charge in [0.15, 0.2) is 5.16 Å². The van der Waals surface area contributed by atoms with Gasteiger partial charge in [-0.2, -0.15) is 0 Å². The molecule has 0 saturated heterocycles. The van der Waals surface area contributed by atoms with E-state index in [0.29, 0.717) is 38.9 Å². The van der Waals surface area contributed by atoms with Gasteiger partial charge in [0.2, 0.25) is 11.8 Å². The van der Waals surface area contributed by atoms with Gasteiger partial charge in [-0.15, -0.1) is 0 Å². The van der Waals surface area contributed by atoms with Gasteiger partial charge in [-0.1, -0.05) is 37.2 Å². The molecule has 0 unspecified atom stereocenters. The van der Waals surface area contributed by atoms with Crippen LogP contribution >= 0.6 is 23.4 Å². The molecule has 0 radical (unpaired) electrons. The fraction of sp³-hybridized carbons (Fsp3) is 0.273. The van der Waals surface area contributed by atoms with E-state index >= 15 is 0 Å². The lowest BCUT2D eigenvalue weighted by Gasteiger charge is -2.17. The molecule has 9 heteroatoms. The van der Waals surface area contributed by atoms with Crippen LogP contribution in [0.4, 0.5) is 5.69 Å². The monoisotopic (exact) mass is 458 g/mol. The number of benzene rings is 2. The number of nitrogens with one attached hydrogen (secondary N) is 1. The van der Waals surface area contributed by atoms with Crippen molar-refractivity contribution in [1.29, 1.82) is 0 Å². The first-order valence-electron chi connectivity index (χ1n) is 9.73. The number of carbonyl (C=O) groups excluding carboxylic acids is 2. The molecule has 0 spiro atoms. The average Bonchev–Trinajstić information content (AvgIpc) is 2.71. The van der Waals surface area contributed by atoms with Crippen molar-refractivity contribution >= 4 is 51.8 Å². The minimum Gasteiger partial charge on any atom is -0.366 e. The number of thioether (sulfide) groups is 1. The summed E-state index contributed by atoms with van der Waals surface area (Å²) in [5.41, 5.74) is 6.49. The van der Waals surface area contributed by atoms with Gasteiger partial charge in [0, 0.05) is 22.8 Å². The smallest absolute Gasteiger partial charge is 0.262 e. The molecule has 0 aliphatic carbocycles. The lowest BCUT2D eigenvalue weighted by molar-refractivity contribution is -0.115. The Hall–Kier alpha value is -2.84. The molecular weight excluding hydrogens is 436 g/mol. The highest BCUT2D eigenvalue weighted by Crippen LogP contribution is 2.25. The zero-order valence-corrected chi connectivity index (χ0v) is 19.0. The zero-order valence-electron chi connectivity index (χ0n) is 17.4. The molecule has 2 aromatic carbocycles. The van der Waals surface area contributed by atoms with Crippen molar-refractivity contribution in [2.75, 3.05) is 5.32 Å². The van der Waals surface area contributed by atoms with E-state index < -0.39 is 11.2 Å². The Morgan fingerprint density at radius 2 is 1.84 bits per heavy atom. The number of anilines is 1. The predicted molar refractivity (Wildman–Crippen MR) is 125 cm³/mol. The van der Waals surface area contributed by atoms with Crippen LogP contribution < -0.4 is 16.6 Å². The Balaban J connectivity index is 1.86. The number of rotatable bonds is 7. The molecule has 0 bridgehead atoms. The van der Waals surface area contributed by atoms with E-state index in [0.717, 1.165) is 0 Å². The molecule has 0 saturated carbocycles. The molecule has 0 aliphatic heterocycles. The molecular formula is C22H23ClN4O3S. The summed E-state index contributed by atoms with van der Waals surface area (Å²) in [6.45, 7) is 6.24. The minimum atomic E-state index is -0.534. The van der Waals surface area contributed by atoms with Crippen LogP contribution in [-0.2, 0) is 11.3 Å². The minimum absolute atomic E-state index is 0.182. The fourth-order valence-electron chi connectivity index (χ4n) is 2.96. The SMILES string of the molecule is CC(C)Cn1c(S[C@H](C)C(=O)Nc2ccc(C(N)=O)cc2)nc2ccc(Cl)cc2c1=O. The van der Waals surface area contributed by atoms with Crippen molar-refractivity contribution in [2.45, 2.75) is 37.7 Å². The van der Waals surface area contributed by atoms with E-state index in [-0.39, 0.29) is 17.4 Å². The molecule has 2 amide bonds. The summed E-state index contributed by atoms with van der Waals surface area (Å²) in [4.78, 5) is 41.6. The second-order valence-corrected chi connectivity index (χ2v) is 9.30. The van der Waals surface area contributed by atoms with Gasteiger partial charge in [0.25, 0.3) is 5.56 Å². The van der Waals surface area contributed by atoms with Gasteiger partial charge in [0.1, 0.15) is 0 Å². The van der Waals surface area contributed by atoms with Crippen LogP contribution in [0.2, 0.25) is 5.02 Å². The van der Waals surface area contributed by atoms with Crippen LogP contribution in [0, 0.1) is 5.92 Å². The largest absolute Gasteiger partial charge is 0.366 e. The molecule has 1 aromatic heterocycles. The van der Waals surface area contributed by atoms with Gasteiger partial charge in [-0.05, 0) is 55.3 Å². The van der Waals surface area contributed by atoms with Crippen LogP contribution in [0.15, 0.2) is 52.4 Å². The normalized spacial score (nSPS) is 12.2. The number of amides is 2. The van der Waals surface area contributed by atoms with E-state index in [2.05, 4.69) is 10.3 Å². The van der Waals surface area contributed by atoms with Crippen LogP contribution in [-0.4, -0.2) is 26.6 Å². The molecule has 3 rings (SSSR count). The van der Waals surface area contributed by atoms with Crippen molar-refractivity contribution < 1.29 is 9.59 Å². The van der Waals surface area contributed by atoms with Crippen molar-refractivity contribution in [1.82, 2.24) is 9.55 Å². The van der Waals surface area contributed by atoms with E-state index in [9.17, 15) is 14.4 Å². The van der Waals surface area contributed by atoms with Crippen molar-refractivity contribution in [3.8, 4) is 0 Å². The second kappa shape index (κ2) is 9.53. The Kier molecular flexibility index (Phi) is 7.02. The van der Waals surface area contributed by atoms with Crippen molar-refractivity contribution in [3.63, 3.8) is 0 Å². The van der Waals surface area contributed by atoms with E-state index in [4.69, 9.17) is 17.3 Å². The van der Waals surface area contributed by atoms with Gasteiger partial charge in [-0.25, -0.2) is 4.98 Å².